The van der Waals surface area contributed by atoms with E-state index in [1.54, 1.807) is 30.3 Å². The minimum atomic E-state index is -0.701. The third-order valence-electron chi connectivity index (χ3n) is 3.41. The van der Waals surface area contributed by atoms with Crippen molar-refractivity contribution in [1.82, 2.24) is 0 Å². The Kier molecular flexibility index (Phi) is 7.52. The summed E-state index contributed by atoms with van der Waals surface area (Å²) in [4.78, 5) is 25.2. The molecule has 0 bridgehead atoms. The van der Waals surface area contributed by atoms with E-state index in [2.05, 4.69) is 5.32 Å². The van der Waals surface area contributed by atoms with Gasteiger partial charge < -0.3 is 19.5 Å². The third-order valence-corrected chi connectivity index (χ3v) is 4.35. The van der Waals surface area contributed by atoms with Gasteiger partial charge in [-0.05, 0) is 30.3 Å². The topological polar surface area (TPSA) is 97.7 Å². The fourth-order valence-corrected chi connectivity index (χ4v) is 2.84. The van der Waals surface area contributed by atoms with E-state index in [0.29, 0.717) is 17.2 Å². The first kappa shape index (κ1) is 20.1. The van der Waals surface area contributed by atoms with Crippen molar-refractivity contribution in [3.05, 3.63) is 48.0 Å². The highest BCUT2D eigenvalue weighted by Crippen LogP contribution is 2.27. The Hall–Kier alpha value is -3.18. The number of nitrogens with one attached hydrogen (secondary N) is 1. The molecule has 0 heterocycles. The van der Waals surface area contributed by atoms with Gasteiger partial charge in [-0.25, -0.2) is 4.79 Å². The fraction of sp³-hybridized carbons (Fsp3) is 0.211. The van der Waals surface area contributed by atoms with Crippen molar-refractivity contribution in [3.8, 4) is 17.6 Å². The minimum Gasteiger partial charge on any atom is -0.497 e. The van der Waals surface area contributed by atoms with E-state index in [-0.39, 0.29) is 11.3 Å². The van der Waals surface area contributed by atoms with Crippen LogP contribution in [0.4, 0.5) is 5.69 Å². The van der Waals surface area contributed by atoms with Crippen LogP contribution < -0.4 is 14.8 Å². The molecule has 2 aromatic carbocycles. The molecule has 0 aliphatic carbocycles. The zero-order chi connectivity index (χ0) is 19.6. The normalized spacial score (nSPS) is 9.81. The standard InChI is InChI=1S/C19H18N2O5S/c1-24-13-7-8-16(25-2)14(11-13)19(23)26-12-18(22)21-15-5-3-4-6-17(15)27-10-9-20/h3-8,11H,10,12H2,1-2H3,(H,21,22). The Morgan fingerprint density at radius 1 is 1.15 bits per heavy atom. The van der Waals surface area contributed by atoms with Crippen LogP contribution in [0.5, 0.6) is 11.5 Å². The van der Waals surface area contributed by atoms with Crippen molar-refractivity contribution >= 4 is 29.3 Å². The van der Waals surface area contributed by atoms with Crippen molar-refractivity contribution in [3.63, 3.8) is 0 Å². The van der Waals surface area contributed by atoms with E-state index in [4.69, 9.17) is 19.5 Å². The molecule has 0 aliphatic rings. The van der Waals surface area contributed by atoms with Crippen molar-refractivity contribution in [2.45, 2.75) is 4.90 Å². The fourth-order valence-electron chi connectivity index (χ4n) is 2.17. The molecule has 0 saturated carbocycles. The number of carbonyl (C=O) groups is 2. The molecule has 0 radical (unpaired) electrons. The largest absolute Gasteiger partial charge is 0.497 e. The van der Waals surface area contributed by atoms with Crippen LogP contribution >= 0.6 is 11.8 Å². The van der Waals surface area contributed by atoms with Crippen molar-refractivity contribution in [1.29, 1.82) is 5.26 Å². The maximum Gasteiger partial charge on any atom is 0.342 e. The first-order chi connectivity index (χ1) is 13.1. The zero-order valence-electron chi connectivity index (χ0n) is 14.9. The van der Waals surface area contributed by atoms with Gasteiger partial charge in [0.05, 0.1) is 31.7 Å². The number of methoxy groups -OCH3 is 2. The van der Waals surface area contributed by atoms with Crippen molar-refractivity contribution in [2.24, 2.45) is 0 Å². The molecule has 7 nitrogen and oxygen atoms in total. The summed E-state index contributed by atoms with van der Waals surface area (Å²) in [6.45, 7) is -0.462. The summed E-state index contributed by atoms with van der Waals surface area (Å²) >= 11 is 1.31. The SMILES string of the molecule is COc1ccc(OC)c(C(=O)OCC(=O)Nc2ccccc2SCC#N)c1. The smallest absolute Gasteiger partial charge is 0.342 e. The average molecular weight is 386 g/mol. The summed E-state index contributed by atoms with van der Waals surface area (Å²) in [6, 6.07) is 13.8. The second-order valence-electron chi connectivity index (χ2n) is 5.13. The number of thioether (sulfide) groups is 1. The van der Waals surface area contributed by atoms with E-state index >= 15 is 0 Å². The summed E-state index contributed by atoms with van der Waals surface area (Å²) in [5.74, 6) is -0.143. The van der Waals surface area contributed by atoms with Crippen LogP contribution in [-0.2, 0) is 9.53 Å². The molecule has 140 valence electrons. The van der Waals surface area contributed by atoms with Gasteiger partial charge in [-0.2, -0.15) is 5.26 Å². The van der Waals surface area contributed by atoms with Gasteiger partial charge in [0.15, 0.2) is 6.61 Å². The number of esters is 1. The van der Waals surface area contributed by atoms with E-state index in [1.165, 1.54) is 32.0 Å². The number of benzene rings is 2. The highest BCUT2D eigenvalue weighted by molar-refractivity contribution is 7.99. The summed E-state index contributed by atoms with van der Waals surface area (Å²) in [7, 11) is 2.91. The first-order valence-electron chi connectivity index (χ1n) is 7.86. The number of para-hydroxylation sites is 1. The second kappa shape index (κ2) is 10.1. The highest BCUT2D eigenvalue weighted by Gasteiger charge is 2.17. The lowest BCUT2D eigenvalue weighted by molar-refractivity contribution is -0.119. The van der Waals surface area contributed by atoms with Crippen LogP contribution in [-0.4, -0.2) is 38.5 Å². The highest BCUT2D eigenvalue weighted by atomic mass is 32.2. The maximum absolute atomic E-state index is 12.3. The number of nitriles is 1. The van der Waals surface area contributed by atoms with Gasteiger partial charge in [0, 0.05) is 4.90 Å². The Balaban J connectivity index is 2.00. The number of nitrogens with zero attached hydrogens (tertiary/aromatic N) is 1. The molecule has 0 atom stereocenters. The number of carbonyl (C=O) groups excluding carboxylic acids is 2. The van der Waals surface area contributed by atoms with Crippen molar-refractivity contribution < 1.29 is 23.8 Å². The predicted octanol–water partition coefficient (Wildman–Crippen LogP) is 3.11. The van der Waals surface area contributed by atoms with E-state index in [9.17, 15) is 9.59 Å². The Bertz CT molecular complexity index is 863. The number of anilines is 1. The van der Waals surface area contributed by atoms with Gasteiger partial charge in [-0.1, -0.05) is 12.1 Å². The molecule has 27 heavy (non-hydrogen) atoms. The predicted molar refractivity (Wildman–Crippen MR) is 101 cm³/mol. The molecular weight excluding hydrogens is 368 g/mol. The lowest BCUT2D eigenvalue weighted by Crippen LogP contribution is -2.21. The number of amides is 1. The van der Waals surface area contributed by atoms with Crippen molar-refractivity contribution in [2.75, 3.05) is 31.9 Å². The van der Waals surface area contributed by atoms with Gasteiger partial charge in [0.25, 0.3) is 5.91 Å². The quantitative estimate of drug-likeness (QED) is 0.550. The molecule has 0 aromatic heterocycles. The van der Waals surface area contributed by atoms with Gasteiger partial charge in [-0.15, -0.1) is 11.8 Å². The Morgan fingerprint density at radius 3 is 2.63 bits per heavy atom. The molecule has 1 N–H and O–H groups in total. The monoisotopic (exact) mass is 386 g/mol. The summed E-state index contributed by atoms with van der Waals surface area (Å²) < 4.78 is 15.3. The molecule has 0 unspecified atom stereocenters. The van der Waals surface area contributed by atoms with Crippen LogP contribution in [0, 0.1) is 11.3 Å². The molecule has 2 rings (SSSR count). The molecule has 0 saturated heterocycles. The van der Waals surface area contributed by atoms with Crippen LogP contribution in [0.2, 0.25) is 0 Å². The molecule has 0 fully saturated rings. The molecule has 8 heteroatoms. The molecular formula is C19H18N2O5S. The van der Waals surface area contributed by atoms with Crippen LogP contribution in [0.3, 0.4) is 0 Å². The molecule has 0 spiro atoms. The third kappa shape index (κ3) is 5.66. The molecule has 0 aliphatic heterocycles. The molecule has 2 aromatic rings. The van der Waals surface area contributed by atoms with E-state index in [1.807, 2.05) is 12.1 Å². The Morgan fingerprint density at radius 2 is 1.93 bits per heavy atom. The maximum atomic E-state index is 12.3. The van der Waals surface area contributed by atoms with Crippen LogP contribution in [0.1, 0.15) is 10.4 Å². The summed E-state index contributed by atoms with van der Waals surface area (Å²) in [5, 5.41) is 11.4. The lowest BCUT2D eigenvalue weighted by atomic mass is 10.2. The van der Waals surface area contributed by atoms with Gasteiger partial charge in [0.1, 0.15) is 17.1 Å². The number of hydrogen-bond acceptors (Lipinski definition) is 7. The summed E-state index contributed by atoms with van der Waals surface area (Å²) in [6.07, 6.45) is 0. The second-order valence-corrected chi connectivity index (χ2v) is 6.15. The number of rotatable bonds is 8. The number of ether oxygens (including phenoxy) is 3. The lowest BCUT2D eigenvalue weighted by Gasteiger charge is -2.12. The average Bonchev–Trinajstić information content (AvgIpc) is 2.70. The zero-order valence-corrected chi connectivity index (χ0v) is 15.7. The first-order valence-corrected chi connectivity index (χ1v) is 8.85. The molecule has 1 amide bonds. The van der Waals surface area contributed by atoms with E-state index in [0.717, 1.165) is 4.90 Å². The minimum absolute atomic E-state index is 0.162. The number of hydrogen-bond donors (Lipinski definition) is 1. The Labute approximate surface area is 161 Å². The van der Waals surface area contributed by atoms with E-state index < -0.39 is 18.5 Å². The van der Waals surface area contributed by atoms with Crippen LogP contribution in [0.15, 0.2) is 47.4 Å². The van der Waals surface area contributed by atoms with Crippen LogP contribution in [0.25, 0.3) is 0 Å². The van der Waals surface area contributed by atoms with Gasteiger partial charge in [0.2, 0.25) is 0 Å². The summed E-state index contributed by atoms with van der Waals surface area (Å²) in [5.41, 5.74) is 0.715. The van der Waals surface area contributed by atoms with Gasteiger partial charge in [-0.3, -0.25) is 4.79 Å². The van der Waals surface area contributed by atoms with Gasteiger partial charge >= 0.3 is 5.97 Å².